The molecule has 2 fully saturated rings. The predicted octanol–water partition coefficient (Wildman–Crippen LogP) is 2.43. The molecule has 0 bridgehead atoms. The van der Waals surface area contributed by atoms with Gasteiger partial charge in [0.15, 0.2) is 0 Å². The molecule has 196 valence electrons. The third-order valence-corrected chi connectivity index (χ3v) is 7.98. The minimum atomic E-state index is -0.310. The van der Waals surface area contributed by atoms with Crippen LogP contribution in [0.4, 0.5) is 5.82 Å². The van der Waals surface area contributed by atoms with Crippen molar-refractivity contribution >= 4 is 11.7 Å². The number of piperidine rings is 2. The Morgan fingerprint density at radius 1 is 1.06 bits per heavy atom. The Hall–Kier alpha value is -2.87. The van der Waals surface area contributed by atoms with Crippen LogP contribution in [-0.4, -0.2) is 52.7 Å². The van der Waals surface area contributed by atoms with E-state index in [9.17, 15) is 14.4 Å². The zero-order valence-corrected chi connectivity index (χ0v) is 22.3. The van der Waals surface area contributed by atoms with Crippen LogP contribution in [-0.2, 0) is 24.9 Å². The first-order valence-electron chi connectivity index (χ1n) is 13.4. The van der Waals surface area contributed by atoms with E-state index < -0.39 is 0 Å². The molecule has 1 atom stereocenters. The number of hydrogen-bond donors (Lipinski definition) is 1. The van der Waals surface area contributed by atoms with Crippen molar-refractivity contribution in [3.05, 3.63) is 61.8 Å². The second-order valence-electron chi connectivity index (χ2n) is 10.6. The molecule has 4 rings (SSSR count). The minimum absolute atomic E-state index is 0.0896. The summed E-state index contributed by atoms with van der Waals surface area (Å²) in [6.45, 7) is 11.8. The number of anilines is 1. The number of carbonyl (C=O) groups excluding carboxylic acids is 1. The lowest BCUT2D eigenvalue weighted by molar-refractivity contribution is -0.125. The molecule has 1 aromatic carbocycles. The zero-order valence-electron chi connectivity index (χ0n) is 22.3. The summed E-state index contributed by atoms with van der Waals surface area (Å²) in [5, 5.41) is 3.22. The minimum Gasteiger partial charge on any atom is -0.357 e. The summed E-state index contributed by atoms with van der Waals surface area (Å²) in [5.41, 5.74) is 3.45. The molecule has 1 N–H and O–H groups in total. The largest absolute Gasteiger partial charge is 0.357 e. The maximum atomic E-state index is 13.1. The first kappa shape index (κ1) is 26.2. The molecule has 3 heterocycles. The summed E-state index contributed by atoms with van der Waals surface area (Å²) >= 11 is 0. The van der Waals surface area contributed by atoms with Gasteiger partial charge in [0.2, 0.25) is 5.91 Å². The van der Waals surface area contributed by atoms with Gasteiger partial charge in [0.05, 0.1) is 5.92 Å². The molecule has 0 spiro atoms. The van der Waals surface area contributed by atoms with Crippen LogP contribution in [0.25, 0.3) is 0 Å². The third kappa shape index (κ3) is 5.91. The van der Waals surface area contributed by atoms with E-state index in [1.165, 1.54) is 29.8 Å². The van der Waals surface area contributed by atoms with Gasteiger partial charge in [-0.3, -0.25) is 23.6 Å². The van der Waals surface area contributed by atoms with Crippen LogP contribution >= 0.6 is 0 Å². The zero-order chi connectivity index (χ0) is 25.8. The van der Waals surface area contributed by atoms with Crippen molar-refractivity contribution in [1.29, 1.82) is 0 Å². The number of rotatable bonds is 7. The molecule has 0 radical (unpaired) electrons. The van der Waals surface area contributed by atoms with E-state index in [4.69, 9.17) is 0 Å². The maximum absolute atomic E-state index is 13.1. The van der Waals surface area contributed by atoms with Gasteiger partial charge in [-0.05, 0) is 76.6 Å². The number of hydrogen-bond acceptors (Lipinski definition) is 5. The van der Waals surface area contributed by atoms with Crippen molar-refractivity contribution in [3.8, 4) is 0 Å². The lowest BCUT2D eigenvalue weighted by atomic mass is 9.94. The fraction of sp³-hybridized carbons (Fsp3) is 0.607. The molecule has 2 aliphatic heterocycles. The monoisotopic (exact) mass is 495 g/mol. The van der Waals surface area contributed by atoms with Crippen molar-refractivity contribution in [1.82, 2.24) is 19.4 Å². The van der Waals surface area contributed by atoms with Crippen LogP contribution in [0.2, 0.25) is 0 Å². The summed E-state index contributed by atoms with van der Waals surface area (Å²) in [6, 6.07) is 8.19. The predicted molar refractivity (Wildman–Crippen MR) is 143 cm³/mol. The number of benzene rings is 1. The van der Waals surface area contributed by atoms with E-state index in [2.05, 4.69) is 42.3 Å². The number of amides is 1. The van der Waals surface area contributed by atoms with Crippen LogP contribution in [0.15, 0.2) is 33.9 Å². The molecule has 2 saturated heterocycles. The molecule has 8 nitrogen and oxygen atoms in total. The summed E-state index contributed by atoms with van der Waals surface area (Å²) in [7, 11) is 1.50. The topological polar surface area (TPSA) is 79.6 Å². The Balaban J connectivity index is 1.28. The van der Waals surface area contributed by atoms with E-state index >= 15 is 0 Å². The fourth-order valence-electron chi connectivity index (χ4n) is 5.57. The molecule has 1 amide bonds. The number of carbonyl (C=O) groups is 1. The molecule has 0 saturated carbocycles. The average Bonchev–Trinajstić information content (AvgIpc) is 2.88. The second kappa shape index (κ2) is 11.5. The summed E-state index contributed by atoms with van der Waals surface area (Å²) in [5.74, 6) is 1.09. The van der Waals surface area contributed by atoms with E-state index in [0.29, 0.717) is 24.8 Å². The third-order valence-electron chi connectivity index (χ3n) is 7.98. The van der Waals surface area contributed by atoms with Crippen molar-refractivity contribution < 1.29 is 4.79 Å². The maximum Gasteiger partial charge on any atom is 0.332 e. The number of aromatic nitrogens is 2. The average molecular weight is 496 g/mol. The highest BCUT2D eigenvalue weighted by Gasteiger charge is 2.29. The molecule has 1 unspecified atom stereocenters. The lowest BCUT2D eigenvalue weighted by Gasteiger charge is -2.35. The standard InChI is InChI=1S/C28H41N5O3/c1-5-33-25(16-26(34)30(4)28(33)36)32-12-6-7-23(19-32)27(35)29-17-22-10-13-31(14-11-22)18-24-15-20(2)8-9-21(24)3/h8-9,15-16,22-23H,5-7,10-14,17-19H2,1-4H3,(H,29,35). The molecule has 2 aromatic rings. The van der Waals surface area contributed by atoms with Crippen molar-refractivity contribution in [2.75, 3.05) is 37.6 Å². The van der Waals surface area contributed by atoms with Gasteiger partial charge in [-0.25, -0.2) is 4.79 Å². The Morgan fingerprint density at radius 2 is 1.81 bits per heavy atom. The van der Waals surface area contributed by atoms with Crippen molar-refractivity contribution in [3.63, 3.8) is 0 Å². The van der Waals surface area contributed by atoms with Gasteiger partial charge in [-0.1, -0.05) is 23.8 Å². The Bertz CT molecular complexity index is 1190. The highest BCUT2D eigenvalue weighted by Crippen LogP contribution is 2.23. The fourth-order valence-corrected chi connectivity index (χ4v) is 5.57. The first-order valence-corrected chi connectivity index (χ1v) is 13.4. The van der Waals surface area contributed by atoms with E-state index in [1.54, 1.807) is 4.57 Å². The van der Waals surface area contributed by atoms with Crippen molar-refractivity contribution in [2.45, 2.75) is 59.5 Å². The summed E-state index contributed by atoms with van der Waals surface area (Å²) in [6.07, 6.45) is 3.88. The molecule has 0 aliphatic carbocycles. The van der Waals surface area contributed by atoms with E-state index in [0.717, 1.165) is 63.0 Å². The van der Waals surface area contributed by atoms with Gasteiger partial charge < -0.3 is 10.2 Å². The van der Waals surface area contributed by atoms with Gasteiger partial charge >= 0.3 is 5.69 Å². The van der Waals surface area contributed by atoms with Crippen LogP contribution in [0, 0.1) is 25.7 Å². The van der Waals surface area contributed by atoms with Crippen LogP contribution in [0.1, 0.15) is 49.3 Å². The Morgan fingerprint density at radius 3 is 2.53 bits per heavy atom. The van der Waals surface area contributed by atoms with Gasteiger partial charge in [0.1, 0.15) is 5.82 Å². The molecule has 2 aliphatic rings. The number of aryl methyl sites for hydroxylation is 2. The molecule has 8 heteroatoms. The number of nitrogens with one attached hydrogen (secondary N) is 1. The van der Waals surface area contributed by atoms with E-state index in [1.807, 2.05) is 11.8 Å². The van der Waals surface area contributed by atoms with E-state index in [-0.39, 0.29) is 23.1 Å². The Kier molecular flexibility index (Phi) is 8.34. The highest BCUT2D eigenvalue weighted by molar-refractivity contribution is 5.79. The summed E-state index contributed by atoms with van der Waals surface area (Å²) in [4.78, 5) is 42.4. The Labute approximate surface area is 213 Å². The molecular formula is C28H41N5O3. The van der Waals surface area contributed by atoms with Gasteiger partial charge in [0, 0.05) is 45.8 Å². The van der Waals surface area contributed by atoms with Crippen LogP contribution in [0.3, 0.4) is 0 Å². The smallest absolute Gasteiger partial charge is 0.332 e. The highest BCUT2D eigenvalue weighted by atomic mass is 16.2. The second-order valence-corrected chi connectivity index (χ2v) is 10.6. The lowest BCUT2D eigenvalue weighted by Crippen LogP contribution is -2.48. The number of likely N-dealkylation sites (tertiary alicyclic amines) is 1. The first-order chi connectivity index (χ1) is 17.3. The van der Waals surface area contributed by atoms with Crippen molar-refractivity contribution in [2.24, 2.45) is 18.9 Å². The molecule has 36 heavy (non-hydrogen) atoms. The summed E-state index contributed by atoms with van der Waals surface area (Å²) < 4.78 is 2.75. The van der Waals surface area contributed by atoms with Gasteiger partial charge in [-0.15, -0.1) is 0 Å². The van der Waals surface area contributed by atoms with Crippen LogP contribution < -0.4 is 21.5 Å². The molecular weight excluding hydrogens is 454 g/mol. The van der Waals surface area contributed by atoms with Gasteiger partial charge in [-0.2, -0.15) is 0 Å². The quantitative estimate of drug-likeness (QED) is 0.638. The SMILES string of the molecule is CCn1c(N2CCCC(C(=O)NCC3CCN(Cc4cc(C)ccc4C)CC3)C2)cc(=O)n(C)c1=O. The van der Waals surface area contributed by atoms with Gasteiger partial charge in [0.25, 0.3) is 5.56 Å². The van der Waals surface area contributed by atoms with Crippen LogP contribution in [0.5, 0.6) is 0 Å². The molecule has 1 aromatic heterocycles. The normalized spacial score (nSPS) is 19.4. The number of nitrogens with zero attached hydrogens (tertiary/aromatic N) is 4.